The van der Waals surface area contributed by atoms with Crippen LogP contribution in [0.25, 0.3) is 16.8 Å². The van der Waals surface area contributed by atoms with E-state index in [1.165, 1.54) is 0 Å². The average Bonchev–Trinajstić information content (AvgIpc) is 3.48. The molecule has 2 aliphatic heterocycles. The van der Waals surface area contributed by atoms with Gasteiger partial charge in [-0.3, -0.25) is 0 Å². The highest BCUT2D eigenvalue weighted by molar-refractivity contribution is 5.80. The Morgan fingerprint density at radius 1 is 1.19 bits per heavy atom. The number of carbonyl (C=O) groups excluding carboxylic acids is 1. The van der Waals surface area contributed by atoms with Gasteiger partial charge >= 0.3 is 6.09 Å². The number of pyridine rings is 1. The molecule has 1 amide bonds. The smallest absolute Gasteiger partial charge is 0.410 e. The first-order valence-corrected chi connectivity index (χ1v) is 10.3. The summed E-state index contributed by atoms with van der Waals surface area (Å²) in [6, 6.07) is 5.74. The predicted molar refractivity (Wildman–Crippen MR) is 112 cm³/mol. The number of rotatable bonds is 4. The van der Waals surface area contributed by atoms with Crippen molar-refractivity contribution >= 4 is 17.6 Å². The molecule has 10 heteroatoms. The van der Waals surface area contributed by atoms with E-state index in [4.69, 9.17) is 19.2 Å². The van der Waals surface area contributed by atoms with Crippen molar-refractivity contribution in [2.45, 2.75) is 12.5 Å². The second-order valence-corrected chi connectivity index (χ2v) is 7.52. The molecule has 5 heterocycles. The first-order chi connectivity index (χ1) is 15.2. The average molecular weight is 424 g/mol. The fraction of sp³-hybridized carbons (Fsp3) is 0.429. The van der Waals surface area contributed by atoms with Gasteiger partial charge in [-0.15, -0.1) is 0 Å². The molecule has 0 spiro atoms. The molecule has 10 nitrogen and oxygen atoms in total. The van der Waals surface area contributed by atoms with Crippen LogP contribution >= 0.6 is 0 Å². The Hall–Kier alpha value is -3.40. The summed E-state index contributed by atoms with van der Waals surface area (Å²) in [7, 11) is 1.60. The van der Waals surface area contributed by atoms with Crippen LogP contribution in [-0.4, -0.2) is 83.2 Å². The number of amides is 1. The summed E-state index contributed by atoms with van der Waals surface area (Å²) in [5.74, 6) is 1.37. The number of hydrogen-bond acceptors (Lipinski definition) is 8. The highest BCUT2D eigenvalue weighted by atomic mass is 16.6. The van der Waals surface area contributed by atoms with Crippen molar-refractivity contribution < 1.29 is 19.0 Å². The Morgan fingerprint density at radius 2 is 2.06 bits per heavy atom. The summed E-state index contributed by atoms with van der Waals surface area (Å²) >= 11 is 0. The summed E-state index contributed by atoms with van der Waals surface area (Å²) < 4.78 is 17.9. The molecule has 0 saturated carbocycles. The number of anilines is 1. The van der Waals surface area contributed by atoms with Crippen molar-refractivity contribution in [2.75, 3.05) is 51.4 Å². The van der Waals surface area contributed by atoms with Gasteiger partial charge in [0.05, 0.1) is 32.1 Å². The van der Waals surface area contributed by atoms with E-state index in [2.05, 4.69) is 15.0 Å². The molecule has 2 fully saturated rings. The van der Waals surface area contributed by atoms with Crippen LogP contribution < -0.4 is 9.64 Å². The Morgan fingerprint density at radius 3 is 2.84 bits per heavy atom. The summed E-state index contributed by atoms with van der Waals surface area (Å²) in [6.45, 7) is 3.67. The number of ether oxygens (including phenoxy) is 3. The van der Waals surface area contributed by atoms with Gasteiger partial charge in [-0.1, -0.05) is 0 Å². The van der Waals surface area contributed by atoms with Gasteiger partial charge in [-0.2, -0.15) is 5.10 Å². The number of hydrogen-bond donors (Lipinski definition) is 0. The molecule has 0 aliphatic carbocycles. The number of carbonyl (C=O) groups is 1. The Bertz CT molecular complexity index is 1070. The van der Waals surface area contributed by atoms with E-state index in [1.54, 1.807) is 28.9 Å². The number of piperazine rings is 1. The van der Waals surface area contributed by atoms with E-state index >= 15 is 0 Å². The molecule has 5 rings (SSSR count). The monoisotopic (exact) mass is 424 g/mol. The molecule has 162 valence electrons. The van der Waals surface area contributed by atoms with E-state index in [0.29, 0.717) is 45.3 Å². The SMILES string of the molecule is COc1ncccc1-c1cnn2ccc(N3CCN(C(=O)O[C@H]4CCOC4)CC3)nc12. The highest BCUT2D eigenvalue weighted by Gasteiger charge is 2.27. The maximum Gasteiger partial charge on any atom is 0.410 e. The third-order valence-corrected chi connectivity index (χ3v) is 5.63. The second kappa shape index (κ2) is 8.38. The van der Waals surface area contributed by atoms with Crippen molar-refractivity contribution in [3.63, 3.8) is 0 Å². The zero-order valence-electron chi connectivity index (χ0n) is 17.3. The van der Waals surface area contributed by atoms with Crippen LogP contribution in [0.5, 0.6) is 5.88 Å². The molecule has 0 bridgehead atoms. The zero-order valence-corrected chi connectivity index (χ0v) is 17.3. The lowest BCUT2D eigenvalue weighted by molar-refractivity contribution is 0.0534. The maximum absolute atomic E-state index is 12.4. The van der Waals surface area contributed by atoms with Crippen molar-refractivity contribution in [3.05, 3.63) is 36.8 Å². The van der Waals surface area contributed by atoms with Crippen molar-refractivity contribution in [1.82, 2.24) is 24.5 Å². The van der Waals surface area contributed by atoms with Crippen LogP contribution in [0.3, 0.4) is 0 Å². The third-order valence-electron chi connectivity index (χ3n) is 5.63. The van der Waals surface area contributed by atoms with E-state index < -0.39 is 0 Å². The fourth-order valence-electron chi connectivity index (χ4n) is 3.93. The fourth-order valence-corrected chi connectivity index (χ4v) is 3.93. The van der Waals surface area contributed by atoms with E-state index in [-0.39, 0.29) is 12.2 Å². The van der Waals surface area contributed by atoms with Gasteiger partial charge in [0, 0.05) is 50.6 Å². The van der Waals surface area contributed by atoms with Crippen LogP contribution in [0.2, 0.25) is 0 Å². The molecule has 3 aromatic rings. The van der Waals surface area contributed by atoms with Crippen molar-refractivity contribution in [2.24, 2.45) is 0 Å². The number of aromatic nitrogens is 4. The summed E-state index contributed by atoms with van der Waals surface area (Å²) in [6.07, 6.45) is 5.74. The topological polar surface area (TPSA) is 94.3 Å². The van der Waals surface area contributed by atoms with Crippen LogP contribution in [0, 0.1) is 0 Å². The minimum atomic E-state index is -0.264. The van der Waals surface area contributed by atoms with Crippen LogP contribution in [0.4, 0.5) is 10.6 Å². The maximum atomic E-state index is 12.4. The molecule has 2 aliphatic rings. The Kier molecular flexibility index (Phi) is 5.29. The van der Waals surface area contributed by atoms with Gasteiger partial charge in [0.15, 0.2) is 5.65 Å². The van der Waals surface area contributed by atoms with E-state index in [9.17, 15) is 4.79 Å². The normalized spacial score (nSPS) is 19.1. The standard InChI is InChI=1S/C21H24N6O4/c1-29-20-16(3-2-6-22-20)17-13-23-27-7-4-18(24-19(17)27)25-8-10-26(11-9-25)21(28)31-15-5-12-30-14-15/h2-4,6-7,13,15H,5,8-12,14H2,1H3/t15-/m0/s1. The van der Waals surface area contributed by atoms with Crippen LogP contribution in [-0.2, 0) is 9.47 Å². The van der Waals surface area contributed by atoms with Crippen LogP contribution in [0.1, 0.15) is 6.42 Å². The number of fused-ring (bicyclic) bond motifs is 1. The molecular weight excluding hydrogens is 400 g/mol. The van der Waals surface area contributed by atoms with E-state index in [0.717, 1.165) is 29.0 Å². The summed E-state index contributed by atoms with van der Waals surface area (Å²) in [5, 5.41) is 4.41. The molecule has 2 saturated heterocycles. The first kappa shape index (κ1) is 19.6. The predicted octanol–water partition coefficient (Wildman–Crippen LogP) is 1.85. The Balaban J connectivity index is 1.31. The first-order valence-electron chi connectivity index (χ1n) is 10.3. The van der Waals surface area contributed by atoms with Crippen molar-refractivity contribution in [3.8, 4) is 17.0 Å². The zero-order chi connectivity index (χ0) is 21.2. The molecule has 0 N–H and O–H groups in total. The van der Waals surface area contributed by atoms with Gasteiger partial charge in [0.1, 0.15) is 11.9 Å². The number of nitrogens with zero attached hydrogens (tertiary/aromatic N) is 6. The number of methoxy groups -OCH3 is 1. The van der Waals surface area contributed by atoms with Gasteiger partial charge in [0.25, 0.3) is 0 Å². The molecule has 31 heavy (non-hydrogen) atoms. The minimum Gasteiger partial charge on any atom is -0.481 e. The molecular formula is C21H24N6O4. The lowest BCUT2D eigenvalue weighted by Gasteiger charge is -2.35. The molecule has 0 unspecified atom stereocenters. The lowest BCUT2D eigenvalue weighted by Crippen LogP contribution is -2.49. The second-order valence-electron chi connectivity index (χ2n) is 7.52. The van der Waals surface area contributed by atoms with Gasteiger partial charge in [-0.05, 0) is 18.2 Å². The van der Waals surface area contributed by atoms with Gasteiger partial charge in [0.2, 0.25) is 5.88 Å². The minimum absolute atomic E-state index is 0.126. The summed E-state index contributed by atoms with van der Waals surface area (Å²) in [5.41, 5.74) is 2.42. The van der Waals surface area contributed by atoms with E-state index in [1.807, 2.05) is 24.4 Å². The summed E-state index contributed by atoms with van der Waals surface area (Å²) in [4.78, 5) is 25.4. The largest absolute Gasteiger partial charge is 0.481 e. The van der Waals surface area contributed by atoms with Gasteiger partial charge in [-0.25, -0.2) is 19.3 Å². The molecule has 1 atom stereocenters. The van der Waals surface area contributed by atoms with Gasteiger partial charge < -0.3 is 24.0 Å². The van der Waals surface area contributed by atoms with Crippen LogP contribution in [0.15, 0.2) is 36.8 Å². The molecule has 3 aromatic heterocycles. The van der Waals surface area contributed by atoms with Crippen molar-refractivity contribution in [1.29, 1.82) is 0 Å². The molecule has 0 aromatic carbocycles. The quantitative estimate of drug-likeness (QED) is 0.626. The Labute approximate surface area is 179 Å². The lowest BCUT2D eigenvalue weighted by atomic mass is 10.1. The third kappa shape index (κ3) is 3.86. The molecule has 0 radical (unpaired) electrons. The highest BCUT2D eigenvalue weighted by Crippen LogP contribution is 2.31.